The van der Waals surface area contributed by atoms with Gasteiger partial charge in [0.1, 0.15) is 17.2 Å². The van der Waals surface area contributed by atoms with E-state index in [0.29, 0.717) is 6.42 Å². The van der Waals surface area contributed by atoms with E-state index in [2.05, 4.69) is 0 Å². The number of benzene rings is 2. The SMILES string of the molecule is COc1cccc2c1C(=O)c1c(O)c3c(c(O)c1C2=O)C[C@H](O)CC3OC1CCC[C@H](C)O1. The molecule has 2 aromatic rings. The van der Waals surface area contributed by atoms with Gasteiger partial charge in [0.15, 0.2) is 12.1 Å². The van der Waals surface area contributed by atoms with Gasteiger partial charge in [-0.15, -0.1) is 0 Å². The number of carbonyl (C=O) groups excluding carboxylic acids is 2. The van der Waals surface area contributed by atoms with Crippen molar-refractivity contribution in [3.63, 3.8) is 0 Å². The Bertz CT molecular complexity index is 1150. The molecule has 0 bridgehead atoms. The minimum absolute atomic E-state index is 0.0189. The van der Waals surface area contributed by atoms with Crippen molar-refractivity contribution in [1.29, 1.82) is 0 Å². The minimum Gasteiger partial charge on any atom is -0.507 e. The molecule has 8 nitrogen and oxygen atoms in total. The van der Waals surface area contributed by atoms with Crippen molar-refractivity contribution in [3.8, 4) is 17.2 Å². The normalized spacial score (nSPS) is 26.4. The first kappa shape index (κ1) is 21.9. The van der Waals surface area contributed by atoms with Crippen molar-refractivity contribution in [2.75, 3.05) is 7.11 Å². The number of aromatic hydroxyl groups is 2. The van der Waals surface area contributed by atoms with Crippen LogP contribution in [0.2, 0.25) is 0 Å². The second kappa shape index (κ2) is 8.13. The maximum absolute atomic E-state index is 13.5. The third kappa shape index (κ3) is 3.40. The summed E-state index contributed by atoms with van der Waals surface area (Å²) in [7, 11) is 1.39. The number of fused-ring (bicyclic) bond motifs is 3. The van der Waals surface area contributed by atoms with E-state index in [1.165, 1.54) is 13.2 Å². The fourth-order valence-electron chi connectivity index (χ4n) is 5.23. The fourth-order valence-corrected chi connectivity index (χ4v) is 5.23. The molecule has 3 N–H and O–H groups in total. The van der Waals surface area contributed by atoms with Gasteiger partial charge in [-0.1, -0.05) is 12.1 Å². The Labute approximate surface area is 190 Å². The maximum atomic E-state index is 13.5. The van der Waals surface area contributed by atoms with Crippen LogP contribution in [0.15, 0.2) is 18.2 Å². The van der Waals surface area contributed by atoms with Gasteiger partial charge in [-0.25, -0.2) is 0 Å². The number of phenols is 2. The predicted molar refractivity (Wildman–Crippen MR) is 116 cm³/mol. The zero-order chi connectivity index (χ0) is 23.4. The van der Waals surface area contributed by atoms with Crippen molar-refractivity contribution in [2.45, 2.75) is 63.6 Å². The molecular weight excluding hydrogens is 428 g/mol. The van der Waals surface area contributed by atoms with Gasteiger partial charge < -0.3 is 29.5 Å². The lowest BCUT2D eigenvalue weighted by atomic mass is 9.76. The quantitative estimate of drug-likeness (QED) is 0.516. The Balaban J connectivity index is 1.66. The van der Waals surface area contributed by atoms with E-state index in [4.69, 9.17) is 14.2 Å². The number of carbonyl (C=O) groups is 2. The van der Waals surface area contributed by atoms with Crippen LogP contribution >= 0.6 is 0 Å². The summed E-state index contributed by atoms with van der Waals surface area (Å²) in [6.45, 7) is 1.95. The van der Waals surface area contributed by atoms with Crippen molar-refractivity contribution in [2.24, 2.45) is 0 Å². The summed E-state index contributed by atoms with van der Waals surface area (Å²) in [5, 5.41) is 32.9. The molecular formula is C25H26O8. The lowest BCUT2D eigenvalue weighted by Crippen LogP contribution is -2.33. The molecule has 1 saturated heterocycles. The summed E-state index contributed by atoms with van der Waals surface area (Å²) in [6, 6.07) is 4.63. The first-order chi connectivity index (χ1) is 15.8. The van der Waals surface area contributed by atoms with Crippen LogP contribution in [0.4, 0.5) is 0 Å². The van der Waals surface area contributed by atoms with E-state index in [1.807, 2.05) is 6.92 Å². The van der Waals surface area contributed by atoms with Crippen LogP contribution in [0.3, 0.4) is 0 Å². The van der Waals surface area contributed by atoms with Crippen LogP contribution in [-0.2, 0) is 15.9 Å². The van der Waals surface area contributed by atoms with Crippen LogP contribution in [-0.4, -0.2) is 52.5 Å². The number of aliphatic hydroxyl groups is 1. The first-order valence-corrected chi connectivity index (χ1v) is 11.2. The highest BCUT2D eigenvalue weighted by Gasteiger charge is 2.43. The third-order valence-electron chi connectivity index (χ3n) is 6.76. The van der Waals surface area contributed by atoms with Crippen LogP contribution < -0.4 is 4.74 Å². The van der Waals surface area contributed by atoms with Crippen molar-refractivity contribution < 1.29 is 39.1 Å². The second-order valence-corrected chi connectivity index (χ2v) is 8.91. The van der Waals surface area contributed by atoms with Crippen LogP contribution in [0.25, 0.3) is 0 Å². The fraction of sp³-hybridized carbons (Fsp3) is 0.440. The number of ether oxygens (including phenoxy) is 3. The summed E-state index contributed by atoms with van der Waals surface area (Å²) in [5.41, 5.74) is 0.0490. The number of hydrogen-bond donors (Lipinski definition) is 3. The number of hydrogen-bond acceptors (Lipinski definition) is 8. The molecule has 2 aliphatic carbocycles. The summed E-state index contributed by atoms with van der Waals surface area (Å²) in [4.78, 5) is 26.8. The molecule has 0 spiro atoms. The van der Waals surface area contributed by atoms with E-state index in [-0.39, 0.29) is 58.1 Å². The molecule has 1 heterocycles. The van der Waals surface area contributed by atoms with Crippen molar-refractivity contribution in [1.82, 2.24) is 0 Å². The molecule has 4 atom stereocenters. The van der Waals surface area contributed by atoms with Crippen molar-refractivity contribution in [3.05, 3.63) is 51.6 Å². The molecule has 0 saturated carbocycles. The molecule has 0 aromatic heterocycles. The average molecular weight is 454 g/mol. The van der Waals surface area contributed by atoms with Gasteiger partial charge in [0.05, 0.1) is 42.1 Å². The van der Waals surface area contributed by atoms with Gasteiger partial charge in [0.2, 0.25) is 5.78 Å². The molecule has 0 amide bonds. The Morgan fingerprint density at radius 1 is 1.03 bits per heavy atom. The Kier molecular flexibility index (Phi) is 5.39. The standard InChI is InChI=1S/C25H26O8/c1-11-5-3-8-17(32-11)33-16-10-12(26)9-14-19(16)25(30)21-20(23(14)28)22(27)13-6-4-7-15(31-2)18(13)24(21)29/h4,6-7,11-12,16-17,26,28,30H,3,5,8-10H2,1-2H3/t11-,12-,16?,17?/m0/s1. The van der Waals surface area contributed by atoms with Gasteiger partial charge >= 0.3 is 0 Å². The number of ketones is 2. The monoisotopic (exact) mass is 454 g/mol. The molecule has 2 aromatic carbocycles. The molecule has 1 aliphatic heterocycles. The van der Waals surface area contributed by atoms with E-state index >= 15 is 0 Å². The first-order valence-electron chi connectivity index (χ1n) is 11.2. The predicted octanol–water partition coefficient (Wildman–Crippen LogP) is 3.16. The van der Waals surface area contributed by atoms with Crippen LogP contribution in [0.1, 0.15) is 81.7 Å². The summed E-state index contributed by atoms with van der Waals surface area (Å²) < 4.78 is 17.3. The number of rotatable bonds is 3. The average Bonchev–Trinajstić information content (AvgIpc) is 2.79. The largest absolute Gasteiger partial charge is 0.507 e. The smallest absolute Gasteiger partial charge is 0.202 e. The van der Waals surface area contributed by atoms with E-state index in [1.54, 1.807) is 12.1 Å². The molecule has 174 valence electrons. The van der Waals surface area contributed by atoms with Gasteiger partial charge in [-0.3, -0.25) is 9.59 Å². The van der Waals surface area contributed by atoms with Crippen LogP contribution in [0, 0.1) is 0 Å². The third-order valence-corrected chi connectivity index (χ3v) is 6.76. The van der Waals surface area contributed by atoms with E-state index in [0.717, 1.165) is 12.8 Å². The lowest BCUT2D eigenvalue weighted by molar-refractivity contribution is -0.218. The van der Waals surface area contributed by atoms with Crippen molar-refractivity contribution >= 4 is 11.6 Å². The molecule has 8 heteroatoms. The Morgan fingerprint density at radius 2 is 1.79 bits per heavy atom. The van der Waals surface area contributed by atoms with Gasteiger partial charge in [0, 0.05) is 29.5 Å². The lowest BCUT2D eigenvalue weighted by Gasteiger charge is -2.36. The number of aliphatic hydroxyl groups excluding tert-OH is 1. The molecule has 33 heavy (non-hydrogen) atoms. The van der Waals surface area contributed by atoms with Gasteiger partial charge in [-0.2, -0.15) is 0 Å². The molecule has 5 rings (SSSR count). The summed E-state index contributed by atoms with van der Waals surface area (Å²) in [6.07, 6.45) is 0.501. The van der Waals surface area contributed by atoms with Gasteiger partial charge in [-0.05, 0) is 32.3 Å². The topological polar surface area (TPSA) is 123 Å². The Morgan fingerprint density at radius 3 is 2.52 bits per heavy atom. The van der Waals surface area contributed by atoms with Crippen LogP contribution in [0.5, 0.6) is 17.2 Å². The zero-order valence-corrected chi connectivity index (χ0v) is 18.5. The molecule has 3 aliphatic rings. The highest BCUT2D eigenvalue weighted by Crippen LogP contribution is 2.50. The minimum atomic E-state index is -0.853. The highest BCUT2D eigenvalue weighted by atomic mass is 16.7. The molecule has 1 fully saturated rings. The molecule has 0 radical (unpaired) electrons. The zero-order valence-electron chi connectivity index (χ0n) is 18.5. The summed E-state index contributed by atoms with van der Waals surface area (Å²) >= 11 is 0. The number of phenolic OH excluding ortho intramolecular Hbond substituents is 2. The molecule has 2 unspecified atom stereocenters. The highest BCUT2D eigenvalue weighted by molar-refractivity contribution is 6.31. The van der Waals surface area contributed by atoms with E-state index < -0.39 is 41.6 Å². The summed E-state index contributed by atoms with van der Waals surface area (Å²) in [5.74, 6) is -1.81. The number of methoxy groups -OCH3 is 1. The Hall–Kier alpha value is -2.94. The van der Waals surface area contributed by atoms with E-state index in [9.17, 15) is 24.9 Å². The second-order valence-electron chi connectivity index (χ2n) is 8.91. The maximum Gasteiger partial charge on any atom is 0.202 e. The van der Waals surface area contributed by atoms with Gasteiger partial charge in [0.25, 0.3) is 0 Å².